The molecule has 0 spiro atoms. The molecule has 0 bridgehead atoms. The Balaban J connectivity index is 1.60. The van der Waals surface area contributed by atoms with Crippen LogP contribution in [-0.2, 0) is 11.3 Å². The number of carbonyl (C=O) groups is 2. The Morgan fingerprint density at radius 2 is 1.86 bits per heavy atom. The van der Waals surface area contributed by atoms with Crippen LogP contribution >= 0.6 is 11.3 Å². The Kier molecular flexibility index (Phi) is 5.94. The maximum Gasteiger partial charge on any atom is 0.261 e. The average Bonchev–Trinajstić information content (AvgIpc) is 3.29. The highest BCUT2D eigenvalue weighted by Crippen LogP contribution is 2.22. The molecule has 1 aromatic carbocycles. The van der Waals surface area contributed by atoms with Gasteiger partial charge in [-0.3, -0.25) is 9.59 Å². The minimum absolute atomic E-state index is 0.119. The van der Waals surface area contributed by atoms with E-state index in [1.54, 1.807) is 6.07 Å². The van der Waals surface area contributed by atoms with Crippen LogP contribution in [0.4, 0.5) is 0 Å². The highest BCUT2D eigenvalue weighted by molar-refractivity contribution is 7.12. The number of hydrogen-bond donors (Lipinski definition) is 1. The van der Waals surface area contributed by atoms with Crippen molar-refractivity contribution in [1.29, 1.82) is 0 Å². The molecule has 1 aliphatic rings. The number of carbonyl (C=O) groups excluding carboxylic acids is 2. The zero-order valence-electron chi connectivity index (χ0n) is 16.6. The first-order valence-corrected chi connectivity index (χ1v) is 11.1. The van der Waals surface area contributed by atoms with Gasteiger partial charge in [-0.25, -0.2) is 4.98 Å². The molecule has 4 rings (SSSR count). The monoisotopic (exact) mass is 410 g/mol. The van der Waals surface area contributed by atoms with Crippen LogP contribution < -0.4 is 5.32 Å². The van der Waals surface area contributed by atoms with Gasteiger partial charge in [0.15, 0.2) is 0 Å². The molecule has 1 saturated heterocycles. The van der Waals surface area contributed by atoms with Crippen molar-refractivity contribution >= 4 is 34.2 Å². The van der Waals surface area contributed by atoms with Gasteiger partial charge in [0.25, 0.3) is 5.91 Å². The molecule has 1 aliphatic heterocycles. The Morgan fingerprint density at radius 1 is 1.10 bits per heavy atom. The molecule has 2 aromatic heterocycles. The number of hydrogen-bond acceptors (Lipinski definition) is 4. The Morgan fingerprint density at radius 3 is 2.59 bits per heavy atom. The number of fused-ring (bicyclic) bond motifs is 1. The summed E-state index contributed by atoms with van der Waals surface area (Å²) in [6.07, 6.45) is 4.51. The lowest BCUT2D eigenvalue weighted by atomic mass is 10.2. The van der Waals surface area contributed by atoms with E-state index in [2.05, 4.69) is 5.32 Å². The van der Waals surface area contributed by atoms with Crippen LogP contribution in [0.25, 0.3) is 11.0 Å². The number of likely N-dealkylation sites (tertiary alicyclic amines) is 1. The number of para-hydroxylation sites is 2. The summed E-state index contributed by atoms with van der Waals surface area (Å²) >= 11 is 1.41. The lowest BCUT2D eigenvalue weighted by Gasteiger charge is -2.22. The van der Waals surface area contributed by atoms with E-state index in [1.807, 2.05) is 52.1 Å². The van der Waals surface area contributed by atoms with Gasteiger partial charge in [0.05, 0.1) is 22.0 Å². The fourth-order valence-corrected chi connectivity index (χ4v) is 4.51. The Labute approximate surface area is 174 Å². The van der Waals surface area contributed by atoms with Crippen molar-refractivity contribution in [2.24, 2.45) is 0 Å². The number of nitrogens with one attached hydrogen (secondary N) is 1. The second-order valence-corrected chi connectivity index (χ2v) is 8.46. The first-order valence-electron chi connectivity index (χ1n) is 10.2. The van der Waals surface area contributed by atoms with Crippen molar-refractivity contribution < 1.29 is 9.59 Å². The molecule has 2 amide bonds. The largest absolute Gasteiger partial charge is 0.342 e. The molecule has 0 aliphatic carbocycles. The van der Waals surface area contributed by atoms with Crippen molar-refractivity contribution in [2.45, 2.75) is 45.2 Å². The lowest BCUT2D eigenvalue weighted by Crippen LogP contribution is -2.36. The van der Waals surface area contributed by atoms with Gasteiger partial charge < -0.3 is 14.8 Å². The van der Waals surface area contributed by atoms with Gasteiger partial charge in [-0.05, 0) is 43.3 Å². The second kappa shape index (κ2) is 8.78. The van der Waals surface area contributed by atoms with Gasteiger partial charge in [0, 0.05) is 13.1 Å². The number of imidazole rings is 1. The summed E-state index contributed by atoms with van der Waals surface area (Å²) in [6.45, 7) is 3.81. The Hall–Kier alpha value is -2.67. The van der Waals surface area contributed by atoms with Crippen molar-refractivity contribution in [1.82, 2.24) is 19.8 Å². The molecular formula is C22H26N4O2S. The second-order valence-electron chi connectivity index (χ2n) is 7.51. The maximum absolute atomic E-state index is 13.0. The van der Waals surface area contributed by atoms with E-state index in [9.17, 15) is 9.59 Å². The van der Waals surface area contributed by atoms with Gasteiger partial charge >= 0.3 is 0 Å². The Bertz CT molecular complexity index is 988. The van der Waals surface area contributed by atoms with Crippen molar-refractivity contribution in [3.05, 3.63) is 52.5 Å². The van der Waals surface area contributed by atoms with Gasteiger partial charge in [-0.1, -0.05) is 31.0 Å². The summed E-state index contributed by atoms with van der Waals surface area (Å²) in [4.78, 5) is 32.9. The van der Waals surface area contributed by atoms with Crippen LogP contribution in [0.2, 0.25) is 0 Å². The zero-order chi connectivity index (χ0) is 20.2. The van der Waals surface area contributed by atoms with Gasteiger partial charge in [0.2, 0.25) is 5.91 Å². The lowest BCUT2D eigenvalue weighted by molar-refractivity contribution is -0.131. The topological polar surface area (TPSA) is 67.2 Å². The third-order valence-corrected chi connectivity index (χ3v) is 6.28. The molecule has 1 atom stereocenters. The SMILES string of the molecule is CC(NC(=O)c1cccs1)c1nc2ccccc2n1CC(=O)N1CCCCCC1. The normalized spacial score (nSPS) is 15.8. The maximum atomic E-state index is 13.0. The molecule has 0 radical (unpaired) electrons. The van der Waals surface area contributed by atoms with Crippen molar-refractivity contribution in [3.63, 3.8) is 0 Å². The molecule has 3 aromatic rings. The summed E-state index contributed by atoms with van der Waals surface area (Å²) in [5.74, 6) is 0.706. The van der Waals surface area contributed by atoms with Crippen molar-refractivity contribution in [2.75, 3.05) is 13.1 Å². The molecule has 0 saturated carbocycles. The molecule has 152 valence electrons. The van der Waals surface area contributed by atoms with Crippen LogP contribution in [0, 0.1) is 0 Å². The van der Waals surface area contributed by atoms with Crippen LogP contribution in [0.1, 0.15) is 54.1 Å². The smallest absolute Gasteiger partial charge is 0.261 e. The average molecular weight is 411 g/mol. The van der Waals surface area contributed by atoms with E-state index in [4.69, 9.17) is 4.98 Å². The fourth-order valence-electron chi connectivity index (χ4n) is 3.89. The zero-order valence-corrected chi connectivity index (χ0v) is 17.5. The van der Waals surface area contributed by atoms with E-state index in [-0.39, 0.29) is 24.4 Å². The summed E-state index contributed by atoms with van der Waals surface area (Å²) in [5, 5.41) is 4.91. The predicted molar refractivity (Wildman–Crippen MR) is 115 cm³/mol. The molecule has 7 heteroatoms. The van der Waals surface area contributed by atoms with Crippen LogP contribution in [0.5, 0.6) is 0 Å². The van der Waals surface area contributed by atoms with Crippen molar-refractivity contribution in [3.8, 4) is 0 Å². The van der Waals surface area contributed by atoms with E-state index < -0.39 is 0 Å². The number of rotatable bonds is 5. The number of benzene rings is 1. The molecule has 1 unspecified atom stereocenters. The molecular weight excluding hydrogens is 384 g/mol. The van der Waals surface area contributed by atoms with Gasteiger partial charge in [-0.2, -0.15) is 0 Å². The number of amides is 2. The van der Waals surface area contributed by atoms with Gasteiger partial charge in [-0.15, -0.1) is 11.3 Å². The number of thiophene rings is 1. The summed E-state index contributed by atoms with van der Waals surface area (Å²) in [6, 6.07) is 11.2. The molecule has 1 N–H and O–H groups in total. The highest BCUT2D eigenvalue weighted by atomic mass is 32.1. The standard InChI is InChI=1S/C22H26N4O2S/c1-16(23-22(28)19-11-8-14-29-19)21-24-17-9-4-5-10-18(17)26(21)15-20(27)25-12-6-2-3-7-13-25/h4-5,8-11,14,16H,2-3,6-7,12-13,15H2,1H3,(H,23,28). The van der Waals surface area contributed by atoms with Crippen LogP contribution in [-0.4, -0.2) is 39.4 Å². The number of nitrogens with zero attached hydrogens (tertiary/aromatic N) is 3. The summed E-state index contributed by atoms with van der Waals surface area (Å²) in [5.41, 5.74) is 1.76. The fraction of sp³-hybridized carbons (Fsp3) is 0.409. The third kappa shape index (κ3) is 4.34. The van der Waals surface area contributed by atoms with Crippen LogP contribution in [0.3, 0.4) is 0 Å². The summed E-state index contributed by atoms with van der Waals surface area (Å²) in [7, 11) is 0. The van der Waals surface area contributed by atoms with Gasteiger partial charge in [0.1, 0.15) is 12.4 Å². The minimum Gasteiger partial charge on any atom is -0.342 e. The minimum atomic E-state index is -0.311. The van der Waals surface area contributed by atoms with E-state index in [0.29, 0.717) is 10.7 Å². The van der Waals surface area contributed by atoms with Crippen LogP contribution in [0.15, 0.2) is 41.8 Å². The summed E-state index contributed by atoms with van der Waals surface area (Å²) < 4.78 is 1.96. The third-order valence-electron chi connectivity index (χ3n) is 5.42. The first-order chi connectivity index (χ1) is 14.1. The first kappa shape index (κ1) is 19.6. The molecule has 1 fully saturated rings. The van der Waals surface area contributed by atoms with E-state index >= 15 is 0 Å². The highest BCUT2D eigenvalue weighted by Gasteiger charge is 2.23. The van der Waals surface area contributed by atoms with E-state index in [1.165, 1.54) is 24.2 Å². The molecule has 6 nitrogen and oxygen atoms in total. The molecule has 3 heterocycles. The number of aromatic nitrogens is 2. The van der Waals surface area contributed by atoms with E-state index in [0.717, 1.165) is 37.0 Å². The predicted octanol–water partition coefficient (Wildman–Crippen LogP) is 3.99. The molecule has 29 heavy (non-hydrogen) atoms. The quantitative estimate of drug-likeness (QED) is 0.692.